The summed E-state index contributed by atoms with van der Waals surface area (Å²) in [5, 5.41) is 4.73. The van der Waals surface area contributed by atoms with Crippen LogP contribution in [0.3, 0.4) is 0 Å². The molecule has 12 aromatic rings. The van der Waals surface area contributed by atoms with E-state index in [-0.39, 0.29) is 17.7 Å². The Hall–Kier alpha value is -8.67. The van der Waals surface area contributed by atoms with Crippen molar-refractivity contribution in [3.63, 3.8) is 0 Å². The number of aryl methyl sites for hydroxylation is 12. The quantitative estimate of drug-likeness (QED) is 0.108. The topological polar surface area (TPSA) is 15.5 Å². The van der Waals surface area contributed by atoms with Gasteiger partial charge in [-0.1, -0.05) is 154 Å². The highest BCUT2D eigenvalue weighted by molar-refractivity contribution is 5.86. The summed E-state index contributed by atoms with van der Waals surface area (Å²) in [5.41, 5.74) is 30.6. The van der Waals surface area contributed by atoms with Crippen LogP contribution in [0, 0.1) is 101 Å². The fourth-order valence-electron chi connectivity index (χ4n) is 14.8. The van der Waals surface area contributed by atoms with Crippen molar-refractivity contribution in [2.45, 2.75) is 202 Å². The van der Waals surface area contributed by atoms with Gasteiger partial charge in [0.25, 0.3) is 0 Å². The number of pyridine rings is 4. The van der Waals surface area contributed by atoms with E-state index < -0.39 is 20.6 Å². The Morgan fingerprint density at radius 3 is 1.20 bits per heavy atom. The van der Waals surface area contributed by atoms with Crippen LogP contribution < -0.4 is 18.3 Å². The van der Waals surface area contributed by atoms with Gasteiger partial charge < -0.3 is 0 Å². The molecular weight excluding hydrogens is 1230 g/mol. The molecule has 0 bridgehead atoms. The molecule has 0 aliphatic carbocycles. The van der Waals surface area contributed by atoms with Gasteiger partial charge in [-0.25, -0.2) is 4.39 Å². The van der Waals surface area contributed by atoms with E-state index >= 15 is 4.39 Å². The summed E-state index contributed by atoms with van der Waals surface area (Å²) in [6.07, 6.45) is 2.17. The number of hydrogen-bond donors (Lipinski definition) is 0. The van der Waals surface area contributed by atoms with Crippen molar-refractivity contribution in [3.05, 3.63) is 258 Å². The predicted molar refractivity (Wildman–Crippen MR) is 432 cm³/mol. The highest BCUT2D eigenvalue weighted by Gasteiger charge is 2.27. The normalized spacial score (nSPS) is 13.3. The first-order chi connectivity index (χ1) is 51.2. The summed E-state index contributed by atoms with van der Waals surface area (Å²) in [4.78, 5) is 0. The van der Waals surface area contributed by atoms with Gasteiger partial charge in [0.2, 0.25) is 44.8 Å². The molecule has 526 valence electrons. The molecule has 4 nitrogen and oxygen atoms in total. The SMILES string of the molecule is Cc1cc(C)c(C)c(-c2ccc3c(CC(C)C)cccc3[n+]2C)c1.[2H]C([2H])([2H])c1cc(C)cc(-c2ccc3c(C(C)C)c(F)c(C(C)C)cc3[n+]2C)c1C.[2H]C([2H])([2H])c1cc(C)cc(-c2ccc3c(C(C)C)cc(C(C)C)cc3[n+]2C)c1C.[2H]C([2H])([2H])c1cc(C)cc(-c2ccc3ccc(CC(C)C)cc3[n+]2C)c1C. The van der Waals surface area contributed by atoms with Crippen molar-refractivity contribution >= 4 is 43.6 Å². The van der Waals surface area contributed by atoms with Gasteiger partial charge in [0.05, 0.1) is 5.39 Å². The van der Waals surface area contributed by atoms with Crippen LogP contribution in [0.1, 0.15) is 219 Å². The summed E-state index contributed by atoms with van der Waals surface area (Å²) < 4.78 is 95.3. The van der Waals surface area contributed by atoms with Gasteiger partial charge in [0.15, 0.2) is 0 Å². The second-order valence-corrected chi connectivity index (χ2v) is 31.0. The monoisotopic (exact) mass is 1360 g/mol. The zero-order valence-electron chi connectivity index (χ0n) is 74.5. The van der Waals surface area contributed by atoms with Crippen LogP contribution in [0.2, 0.25) is 0 Å². The number of fused-ring (bicyclic) bond motifs is 4. The molecule has 0 saturated heterocycles. The van der Waals surface area contributed by atoms with Gasteiger partial charge in [0, 0.05) is 105 Å². The Balaban J connectivity index is 0.000000169. The highest BCUT2D eigenvalue weighted by atomic mass is 19.1. The number of aromatic nitrogens is 4. The first-order valence-corrected chi connectivity index (χ1v) is 36.6. The second kappa shape index (κ2) is 31.7. The fourth-order valence-corrected chi connectivity index (χ4v) is 14.8. The number of halogens is 1. The molecule has 4 heterocycles. The standard InChI is InChI=1S/C25H31FN.C25H32N.2C23H28N/c1-14(2)20-13-23-19(24(15(3)4)25(20)26)9-10-22(27(23)8)21-12-16(5)11-17(6)18(21)7;1-15(2)20-13-22(16(3)4)21-9-10-24(26(8)25(21)14-20)23-12-17(5)11-18(6)19(23)7;1-15(2)11-19-7-8-20-9-10-22(24(6)23(20)14-19)21-13-16(3)12-17(4)18(21)5;1-15(2)12-19-8-7-9-22-20(19)10-11-23(24(22)6)21-14-16(3)13-17(4)18(21)5/h9-15H,1-8H3;9-16H,1-8H3;7-10,12-15H,11H2,1-6H3;7-11,13-15H,12H2,1-6H3/q4*+1/i2*6D3;4D3;. The summed E-state index contributed by atoms with van der Waals surface area (Å²) in [6, 6.07) is 53.1. The van der Waals surface area contributed by atoms with E-state index in [0.29, 0.717) is 45.9 Å². The lowest BCUT2D eigenvalue weighted by molar-refractivity contribution is -0.633. The maximum Gasteiger partial charge on any atom is 0.213 e. The van der Waals surface area contributed by atoms with E-state index in [4.69, 9.17) is 12.3 Å². The fraction of sp³-hybridized carbons (Fsp3) is 0.375. The van der Waals surface area contributed by atoms with Crippen LogP contribution in [0.15, 0.2) is 152 Å². The molecule has 0 aliphatic rings. The van der Waals surface area contributed by atoms with E-state index in [2.05, 4.69) is 225 Å². The van der Waals surface area contributed by atoms with Crippen LogP contribution in [0.5, 0.6) is 0 Å². The molecule has 0 saturated carbocycles. The van der Waals surface area contributed by atoms with Crippen LogP contribution in [0.25, 0.3) is 88.6 Å². The second-order valence-electron chi connectivity index (χ2n) is 31.0. The van der Waals surface area contributed by atoms with Crippen molar-refractivity contribution in [1.82, 2.24) is 0 Å². The van der Waals surface area contributed by atoms with Crippen molar-refractivity contribution in [3.8, 4) is 45.0 Å². The van der Waals surface area contributed by atoms with Crippen molar-refractivity contribution in [2.75, 3.05) is 0 Å². The first-order valence-electron chi connectivity index (χ1n) is 41.1. The zero-order valence-corrected chi connectivity index (χ0v) is 65.5. The summed E-state index contributed by atoms with van der Waals surface area (Å²) in [6.45, 7) is 37.8. The minimum atomic E-state index is -2.17. The zero-order chi connectivity index (χ0) is 81.6. The van der Waals surface area contributed by atoms with E-state index in [0.717, 1.165) is 96.5 Å². The van der Waals surface area contributed by atoms with E-state index in [9.17, 15) is 0 Å². The molecule has 0 unspecified atom stereocenters. The lowest BCUT2D eigenvalue weighted by Crippen LogP contribution is -2.33. The molecule has 0 atom stereocenters. The minimum Gasteiger partial charge on any atom is -0.206 e. The average Bonchev–Trinajstić information content (AvgIpc) is 0.767. The van der Waals surface area contributed by atoms with Gasteiger partial charge in [-0.05, 0) is 258 Å². The van der Waals surface area contributed by atoms with Crippen LogP contribution in [-0.4, -0.2) is 0 Å². The largest absolute Gasteiger partial charge is 0.213 e. The third-order valence-electron chi connectivity index (χ3n) is 20.7. The molecule has 101 heavy (non-hydrogen) atoms. The van der Waals surface area contributed by atoms with Crippen molar-refractivity contribution in [1.29, 1.82) is 0 Å². The highest BCUT2D eigenvalue weighted by Crippen LogP contribution is 2.37. The number of rotatable bonds is 12. The third-order valence-corrected chi connectivity index (χ3v) is 20.7. The summed E-state index contributed by atoms with van der Waals surface area (Å²) in [7, 11) is 8.31. The van der Waals surface area contributed by atoms with Crippen LogP contribution >= 0.6 is 0 Å². The molecule has 4 aromatic heterocycles. The molecule has 0 radical (unpaired) electrons. The molecule has 5 heteroatoms. The van der Waals surface area contributed by atoms with Gasteiger partial charge >= 0.3 is 0 Å². The summed E-state index contributed by atoms with van der Waals surface area (Å²) in [5.74, 6) is 2.17. The predicted octanol–water partition coefficient (Wildman–Crippen LogP) is 24.1. The van der Waals surface area contributed by atoms with Crippen molar-refractivity contribution < 1.29 is 35.0 Å². The molecule has 0 amide bonds. The maximum absolute atomic E-state index is 15.3. The van der Waals surface area contributed by atoms with Gasteiger partial charge in [-0.2, -0.15) is 18.3 Å². The molecule has 8 aromatic carbocycles. The Morgan fingerprint density at radius 1 is 0.347 bits per heavy atom. The average molecular weight is 1360 g/mol. The molecule has 0 fully saturated rings. The van der Waals surface area contributed by atoms with E-state index in [1.807, 2.05) is 101 Å². The van der Waals surface area contributed by atoms with Crippen LogP contribution in [0.4, 0.5) is 4.39 Å². The minimum absolute atomic E-state index is 0.0555. The third kappa shape index (κ3) is 16.5. The lowest BCUT2D eigenvalue weighted by Gasteiger charge is -2.17. The molecule has 12 rings (SSSR count). The van der Waals surface area contributed by atoms with Gasteiger partial charge in [-0.15, -0.1) is 0 Å². The smallest absolute Gasteiger partial charge is 0.206 e. The number of benzene rings is 8. The van der Waals surface area contributed by atoms with E-state index in [1.165, 1.54) is 82.9 Å². The molecule has 0 spiro atoms. The van der Waals surface area contributed by atoms with E-state index in [1.54, 1.807) is 18.2 Å². The van der Waals surface area contributed by atoms with Gasteiger partial charge in [-0.3, -0.25) is 0 Å². The Morgan fingerprint density at radius 2 is 0.752 bits per heavy atom. The Bertz CT molecular complexity index is 5460. The maximum atomic E-state index is 15.3. The number of nitrogens with zero attached hydrogens (tertiary/aromatic N) is 4. The lowest BCUT2D eigenvalue weighted by atomic mass is 9.90. The Kier molecular flexibility index (Phi) is 20.2. The molecule has 0 aliphatic heterocycles. The molecule has 0 N–H and O–H groups in total. The summed E-state index contributed by atoms with van der Waals surface area (Å²) >= 11 is 0. The Labute approximate surface area is 620 Å². The molecular formula is C96H119FN4+4. The van der Waals surface area contributed by atoms with Crippen molar-refractivity contribution in [2.24, 2.45) is 40.0 Å². The first kappa shape index (κ1) is 64.4. The van der Waals surface area contributed by atoms with Gasteiger partial charge in [0.1, 0.15) is 34.0 Å². The van der Waals surface area contributed by atoms with Crippen LogP contribution in [-0.2, 0) is 41.0 Å². The number of hydrogen-bond acceptors (Lipinski definition) is 0.